The zero-order valence-corrected chi connectivity index (χ0v) is 16.5. The average Bonchev–Trinajstić information content (AvgIpc) is 2.73. The molecule has 0 aromatic heterocycles. The van der Waals surface area contributed by atoms with Crippen molar-refractivity contribution in [3.8, 4) is 11.5 Å². The second kappa shape index (κ2) is 9.32. The lowest BCUT2D eigenvalue weighted by Gasteiger charge is -2.35. The number of hydrogen-bond acceptors (Lipinski definition) is 5. The van der Waals surface area contributed by atoms with Crippen molar-refractivity contribution in [1.29, 1.82) is 0 Å². The number of rotatable bonds is 5. The molecule has 0 saturated carbocycles. The summed E-state index contributed by atoms with van der Waals surface area (Å²) in [6.45, 7) is 3.81. The van der Waals surface area contributed by atoms with Crippen LogP contribution in [0.25, 0.3) is 0 Å². The Bertz CT molecular complexity index is 862. The lowest BCUT2D eigenvalue weighted by atomic mass is 9.87. The van der Waals surface area contributed by atoms with Gasteiger partial charge in [0.1, 0.15) is 11.5 Å². The topological polar surface area (TPSA) is 90.3 Å². The van der Waals surface area contributed by atoms with Crippen molar-refractivity contribution in [3.63, 3.8) is 0 Å². The third-order valence-electron chi connectivity index (χ3n) is 5.12. The summed E-state index contributed by atoms with van der Waals surface area (Å²) in [5.41, 5.74) is 1.39. The van der Waals surface area contributed by atoms with Crippen molar-refractivity contribution in [2.24, 2.45) is 0 Å². The van der Waals surface area contributed by atoms with Crippen LogP contribution in [0.4, 0.5) is 4.79 Å². The first-order valence-corrected chi connectivity index (χ1v) is 9.76. The molecule has 0 bridgehead atoms. The van der Waals surface area contributed by atoms with Gasteiger partial charge in [-0.2, -0.15) is 0 Å². The fourth-order valence-electron chi connectivity index (χ4n) is 3.59. The van der Waals surface area contributed by atoms with E-state index in [0.29, 0.717) is 38.3 Å². The van der Waals surface area contributed by atoms with E-state index in [-0.39, 0.29) is 35.8 Å². The van der Waals surface area contributed by atoms with Gasteiger partial charge in [-0.15, -0.1) is 0 Å². The molecular weight excluding hydrogens is 372 g/mol. The van der Waals surface area contributed by atoms with Gasteiger partial charge in [0.05, 0.1) is 6.61 Å². The number of ether oxygens (including phenoxy) is 1. The van der Waals surface area contributed by atoms with Crippen LogP contribution < -0.4 is 0 Å². The van der Waals surface area contributed by atoms with E-state index in [1.54, 1.807) is 53.1 Å². The van der Waals surface area contributed by atoms with Crippen LogP contribution in [-0.4, -0.2) is 64.8 Å². The van der Waals surface area contributed by atoms with Gasteiger partial charge in [0.2, 0.25) is 5.91 Å². The summed E-state index contributed by atoms with van der Waals surface area (Å²) in [5, 5.41) is 20.2. The quantitative estimate of drug-likeness (QED) is 0.808. The molecule has 2 amide bonds. The summed E-state index contributed by atoms with van der Waals surface area (Å²) in [6.07, 6.45) is -0.202. The van der Waals surface area contributed by atoms with Gasteiger partial charge in [0.25, 0.3) is 0 Å². The smallest absolute Gasteiger partial charge is 0.409 e. The SMILES string of the molecule is CCOC(=O)N1CCN(C(=O)C[C@@H](c2cccc(O)c2)c2ccccc2O)CC1. The van der Waals surface area contributed by atoms with Gasteiger partial charge in [-0.3, -0.25) is 4.79 Å². The molecule has 7 heteroatoms. The van der Waals surface area contributed by atoms with E-state index in [1.807, 2.05) is 12.1 Å². The number of para-hydroxylation sites is 1. The van der Waals surface area contributed by atoms with Crippen molar-refractivity contribution in [3.05, 3.63) is 59.7 Å². The Morgan fingerprint density at radius 2 is 1.69 bits per heavy atom. The molecule has 0 aliphatic carbocycles. The van der Waals surface area contributed by atoms with Crippen molar-refractivity contribution in [1.82, 2.24) is 9.80 Å². The maximum atomic E-state index is 13.0. The molecule has 1 aliphatic heterocycles. The Balaban J connectivity index is 1.74. The molecule has 1 fully saturated rings. The summed E-state index contributed by atoms with van der Waals surface area (Å²) in [7, 11) is 0. The minimum absolute atomic E-state index is 0.0647. The van der Waals surface area contributed by atoms with Crippen LogP contribution in [0.1, 0.15) is 30.4 Å². The Hall–Kier alpha value is -3.22. The van der Waals surface area contributed by atoms with Crippen LogP contribution in [0, 0.1) is 0 Å². The largest absolute Gasteiger partial charge is 0.508 e. The number of piperazine rings is 1. The highest BCUT2D eigenvalue weighted by Crippen LogP contribution is 2.35. The molecule has 29 heavy (non-hydrogen) atoms. The Kier molecular flexibility index (Phi) is 6.59. The monoisotopic (exact) mass is 398 g/mol. The van der Waals surface area contributed by atoms with Crippen molar-refractivity contribution in [2.45, 2.75) is 19.3 Å². The van der Waals surface area contributed by atoms with Crippen LogP contribution in [0.3, 0.4) is 0 Å². The van der Waals surface area contributed by atoms with Crippen LogP contribution in [0.5, 0.6) is 11.5 Å². The third-order valence-corrected chi connectivity index (χ3v) is 5.12. The molecule has 1 saturated heterocycles. The second-order valence-electron chi connectivity index (χ2n) is 6.98. The van der Waals surface area contributed by atoms with E-state index in [2.05, 4.69) is 0 Å². The second-order valence-corrected chi connectivity index (χ2v) is 6.98. The van der Waals surface area contributed by atoms with Gasteiger partial charge in [-0.25, -0.2) is 4.79 Å². The van der Waals surface area contributed by atoms with Gasteiger partial charge in [0, 0.05) is 44.1 Å². The van der Waals surface area contributed by atoms with Crippen LogP contribution >= 0.6 is 0 Å². The van der Waals surface area contributed by atoms with E-state index in [0.717, 1.165) is 5.56 Å². The van der Waals surface area contributed by atoms with Gasteiger partial charge < -0.3 is 24.7 Å². The standard InChI is InChI=1S/C22H26N2O5/c1-2-29-22(28)24-12-10-23(11-13-24)21(27)15-19(16-6-5-7-17(25)14-16)18-8-3-4-9-20(18)26/h3-9,14,19,25-26H,2,10-13,15H2,1H3/t19-/m0/s1. The molecule has 0 unspecified atom stereocenters. The zero-order chi connectivity index (χ0) is 20.8. The van der Waals surface area contributed by atoms with Crippen molar-refractivity contribution >= 4 is 12.0 Å². The van der Waals surface area contributed by atoms with Gasteiger partial charge in [0.15, 0.2) is 0 Å². The molecular formula is C22H26N2O5. The van der Waals surface area contributed by atoms with E-state index >= 15 is 0 Å². The number of aromatic hydroxyl groups is 2. The predicted octanol–water partition coefficient (Wildman–Crippen LogP) is 2.92. The number of phenolic OH excluding ortho intramolecular Hbond substituents is 2. The molecule has 7 nitrogen and oxygen atoms in total. The molecule has 1 aliphatic rings. The first-order chi connectivity index (χ1) is 14.0. The molecule has 1 heterocycles. The lowest BCUT2D eigenvalue weighted by molar-refractivity contribution is -0.133. The minimum atomic E-state index is -0.390. The van der Waals surface area contributed by atoms with E-state index in [9.17, 15) is 19.8 Å². The fraction of sp³-hybridized carbons (Fsp3) is 0.364. The fourth-order valence-corrected chi connectivity index (χ4v) is 3.59. The Labute approximate surface area is 170 Å². The van der Waals surface area contributed by atoms with Gasteiger partial charge in [-0.05, 0) is 30.7 Å². The summed E-state index contributed by atoms with van der Waals surface area (Å²) in [4.78, 5) is 28.2. The zero-order valence-electron chi connectivity index (χ0n) is 16.5. The lowest BCUT2D eigenvalue weighted by Crippen LogP contribution is -2.50. The van der Waals surface area contributed by atoms with E-state index in [4.69, 9.17) is 4.74 Å². The highest BCUT2D eigenvalue weighted by Gasteiger charge is 2.28. The highest BCUT2D eigenvalue weighted by atomic mass is 16.6. The van der Waals surface area contributed by atoms with Crippen LogP contribution in [-0.2, 0) is 9.53 Å². The Morgan fingerprint density at radius 3 is 2.34 bits per heavy atom. The number of carbonyl (C=O) groups is 2. The summed E-state index contributed by atoms with van der Waals surface area (Å²) < 4.78 is 5.01. The number of benzene rings is 2. The van der Waals surface area contributed by atoms with Crippen molar-refractivity contribution < 1.29 is 24.5 Å². The van der Waals surface area contributed by atoms with E-state index < -0.39 is 0 Å². The third kappa shape index (κ3) is 4.99. The molecule has 0 spiro atoms. The number of nitrogens with zero attached hydrogens (tertiary/aromatic N) is 2. The van der Waals surface area contributed by atoms with Gasteiger partial charge in [-0.1, -0.05) is 30.3 Å². The molecule has 0 radical (unpaired) electrons. The first-order valence-electron chi connectivity index (χ1n) is 9.76. The minimum Gasteiger partial charge on any atom is -0.508 e. The number of hydrogen-bond donors (Lipinski definition) is 2. The highest BCUT2D eigenvalue weighted by molar-refractivity contribution is 5.78. The predicted molar refractivity (Wildman–Crippen MR) is 108 cm³/mol. The normalized spacial score (nSPS) is 15.1. The van der Waals surface area contributed by atoms with E-state index in [1.165, 1.54) is 0 Å². The number of carbonyl (C=O) groups excluding carboxylic acids is 2. The molecule has 2 aromatic rings. The number of phenols is 2. The Morgan fingerprint density at radius 1 is 1.00 bits per heavy atom. The van der Waals surface area contributed by atoms with Crippen molar-refractivity contribution in [2.75, 3.05) is 32.8 Å². The maximum absolute atomic E-state index is 13.0. The first kappa shape index (κ1) is 20.5. The summed E-state index contributed by atoms with van der Waals surface area (Å²) in [6, 6.07) is 13.7. The molecule has 2 aromatic carbocycles. The number of amides is 2. The average molecular weight is 398 g/mol. The molecule has 2 N–H and O–H groups in total. The molecule has 3 rings (SSSR count). The van der Waals surface area contributed by atoms with Crippen LogP contribution in [0.2, 0.25) is 0 Å². The summed E-state index contributed by atoms with van der Waals surface area (Å²) >= 11 is 0. The van der Waals surface area contributed by atoms with Gasteiger partial charge >= 0.3 is 6.09 Å². The summed E-state index contributed by atoms with van der Waals surface area (Å²) in [5.74, 6) is -0.233. The van der Waals surface area contributed by atoms with Crippen LogP contribution in [0.15, 0.2) is 48.5 Å². The maximum Gasteiger partial charge on any atom is 0.409 e. The molecule has 1 atom stereocenters. The molecule has 154 valence electrons.